The SMILES string of the molecule is CCC1Oc2ccccc2N(C(C)C(=O)Nc2ccc3c(c2)CC2(C3)NC(=O)NC2=O)C1=O.[HH].[HH]. The van der Waals surface area contributed by atoms with E-state index in [0.29, 0.717) is 36.4 Å². The van der Waals surface area contributed by atoms with Crippen molar-refractivity contribution in [3.8, 4) is 5.75 Å². The molecule has 3 unspecified atom stereocenters. The summed E-state index contributed by atoms with van der Waals surface area (Å²) in [6.45, 7) is 3.55. The van der Waals surface area contributed by atoms with Gasteiger partial charge in [-0.1, -0.05) is 25.1 Å². The van der Waals surface area contributed by atoms with Gasteiger partial charge >= 0.3 is 6.03 Å². The van der Waals surface area contributed by atoms with Crippen LogP contribution in [0.3, 0.4) is 0 Å². The van der Waals surface area contributed by atoms with Crippen LogP contribution >= 0.6 is 0 Å². The molecule has 1 aliphatic carbocycles. The number of imide groups is 1. The van der Waals surface area contributed by atoms with Crippen molar-refractivity contribution in [1.82, 2.24) is 10.6 Å². The van der Waals surface area contributed by atoms with Crippen LogP contribution in [0.4, 0.5) is 16.2 Å². The van der Waals surface area contributed by atoms with Crippen molar-refractivity contribution in [2.24, 2.45) is 0 Å². The number of amides is 5. The largest absolute Gasteiger partial charge is 0.478 e. The lowest BCUT2D eigenvalue weighted by atomic mass is 9.96. The first-order chi connectivity index (χ1) is 15.8. The van der Waals surface area contributed by atoms with Crippen molar-refractivity contribution in [2.75, 3.05) is 10.2 Å². The summed E-state index contributed by atoms with van der Waals surface area (Å²) in [5.41, 5.74) is 1.99. The zero-order chi connectivity index (χ0) is 23.3. The molecule has 33 heavy (non-hydrogen) atoms. The van der Waals surface area contributed by atoms with Gasteiger partial charge in [0.05, 0.1) is 5.69 Å². The smallest absolute Gasteiger partial charge is 0.322 e. The number of urea groups is 1. The first-order valence-electron chi connectivity index (χ1n) is 11.0. The average Bonchev–Trinajstić information content (AvgIpc) is 3.29. The first kappa shape index (κ1) is 21.0. The molecule has 2 aliphatic heterocycles. The molecule has 0 bridgehead atoms. The van der Waals surface area contributed by atoms with Gasteiger partial charge in [0.25, 0.3) is 11.8 Å². The lowest BCUT2D eigenvalue weighted by molar-refractivity contribution is -0.129. The van der Waals surface area contributed by atoms with Gasteiger partial charge in [-0.3, -0.25) is 24.6 Å². The van der Waals surface area contributed by atoms with Gasteiger partial charge in [-0.05, 0) is 48.7 Å². The van der Waals surface area contributed by atoms with Crippen LogP contribution < -0.4 is 25.6 Å². The van der Waals surface area contributed by atoms with Crippen LogP contribution in [-0.4, -0.2) is 41.4 Å². The highest BCUT2D eigenvalue weighted by molar-refractivity contribution is 6.09. The van der Waals surface area contributed by atoms with Crippen molar-refractivity contribution < 1.29 is 26.8 Å². The maximum absolute atomic E-state index is 13.1. The summed E-state index contributed by atoms with van der Waals surface area (Å²) < 4.78 is 5.80. The molecular formula is C24H28N4O5. The van der Waals surface area contributed by atoms with Crippen molar-refractivity contribution >= 4 is 35.1 Å². The van der Waals surface area contributed by atoms with E-state index in [-0.39, 0.29) is 20.6 Å². The molecule has 3 N–H and O–H groups in total. The predicted octanol–water partition coefficient (Wildman–Crippen LogP) is 2.39. The summed E-state index contributed by atoms with van der Waals surface area (Å²) in [6, 6.07) is 11.4. The van der Waals surface area contributed by atoms with E-state index in [1.807, 2.05) is 25.1 Å². The van der Waals surface area contributed by atoms with E-state index in [0.717, 1.165) is 11.1 Å². The minimum absolute atomic E-state index is 0. The van der Waals surface area contributed by atoms with E-state index in [1.54, 1.807) is 31.2 Å². The quantitative estimate of drug-likeness (QED) is 0.616. The van der Waals surface area contributed by atoms with E-state index in [2.05, 4.69) is 16.0 Å². The van der Waals surface area contributed by atoms with Gasteiger partial charge in [0.1, 0.15) is 17.3 Å². The van der Waals surface area contributed by atoms with Crippen molar-refractivity contribution in [2.45, 2.75) is 50.8 Å². The molecule has 9 nitrogen and oxygen atoms in total. The fourth-order valence-electron chi connectivity index (χ4n) is 4.79. The molecule has 0 radical (unpaired) electrons. The molecule has 9 heteroatoms. The first-order valence-corrected chi connectivity index (χ1v) is 11.0. The number of carbonyl (C=O) groups is 4. The second-order valence-corrected chi connectivity index (χ2v) is 8.68. The summed E-state index contributed by atoms with van der Waals surface area (Å²) in [5.74, 6) is -0.353. The fourth-order valence-corrected chi connectivity index (χ4v) is 4.79. The summed E-state index contributed by atoms with van der Waals surface area (Å²) in [7, 11) is 0. The molecule has 2 aromatic carbocycles. The zero-order valence-electron chi connectivity index (χ0n) is 18.3. The number of nitrogens with zero attached hydrogens (tertiary/aromatic N) is 1. The number of carbonyl (C=O) groups excluding carboxylic acids is 4. The maximum Gasteiger partial charge on any atom is 0.322 e. The standard InChI is InChI=1S/C24H24N4O5.2H2/c1-3-18-21(30)28(17-6-4-5-7-19(17)33-18)13(2)20(29)25-16-9-8-14-11-24(12-15(14)10-16)22(31)26-23(32)27-24;;/h4-10,13,18H,3,11-12H2,1-2H3,(H,25,29)(H2,26,27,31,32);2*1H. The highest BCUT2D eigenvalue weighted by Crippen LogP contribution is 2.37. The normalized spacial score (nSPS) is 24.0. The van der Waals surface area contributed by atoms with E-state index in [9.17, 15) is 19.2 Å². The molecule has 0 saturated carbocycles. The zero-order valence-corrected chi connectivity index (χ0v) is 18.3. The van der Waals surface area contributed by atoms with Crippen LogP contribution in [0.1, 0.15) is 34.2 Å². The van der Waals surface area contributed by atoms with E-state index in [4.69, 9.17) is 4.74 Å². The Morgan fingerprint density at radius 1 is 1.21 bits per heavy atom. The Morgan fingerprint density at radius 2 is 1.97 bits per heavy atom. The van der Waals surface area contributed by atoms with Gasteiger partial charge in [-0.2, -0.15) is 0 Å². The van der Waals surface area contributed by atoms with Gasteiger partial charge in [-0.25, -0.2) is 4.79 Å². The molecule has 1 spiro atoms. The Kier molecular flexibility index (Phi) is 4.84. The molecule has 2 heterocycles. The molecule has 2 aromatic rings. The van der Waals surface area contributed by atoms with Gasteiger partial charge in [0, 0.05) is 21.4 Å². The monoisotopic (exact) mass is 452 g/mol. The van der Waals surface area contributed by atoms with Crippen LogP contribution in [-0.2, 0) is 27.2 Å². The Morgan fingerprint density at radius 3 is 2.70 bits per heavy atom. The van der Waals surface area contributed by atoms with E-state index < -0.39 is 23.7 Å². The van der Waals surface area contributed by atoms with Crippen LogP contribution in [0.2, 0.25) is 0 Å². The minimum atomic E-state index is -0.964. The Balaban J connectivity index is 0.00000171. The van der Waals surface area contributed by atoms with E-state index >= 15 is 0 Å². The Labute approximate surface area is 193 Å². The number of hydrogen-bond acceptors (Lipinski definition) is 5. The molecule has 174 valence electrons. The number of para-hydroxylation sites is 2. The number of ether oxygens (including phenoxy) is 1. The number of hydrogen-bond donors (Lipinski definition) is 3. The Hall–Kier alpha value is -3.88. The lowest BCUT2D eigenvalue weighted by Crippen LogP contribution is -2.53. The number of nitrogens with one attached hydrogen (secondary N) is 3. The van der Waals surface area contributed by atoms with Gasteiger partial charge in [0.2, 0.25) is 5.91 Å². The summed E-state index contributed by atoms with van der Waals surface area (Å²) in [5, 5.41) is 7.92. The average molecular weight is 453 g/mol. The number of benzene rings is 2. The van der Waals surface area contributed by atoms with Crippen molar-refractivity contribution in [3.05, 3.63) is 53.6 Å². The number of rotatable bonds is 4. The fraction of sp³-hybridized carbons (Fsp3) is 0.333. The third-order valence-corrected chi connectivity index (χ3v) is 6.52. The molecule has 3 aliphatic rings. The van der Waals surface area contributed by atoms with Gasteiger partial charge in [0.15, 0.2) is 6.10 Å². The second kappa shape index (κ2) is 7.61. The number of fused-ring (bicyclic) bond motifs is 2. The van der Waals surface area contributed by atoms with Crippen LogP contribution in [0, 0.1) is 0 Å². The second-order valence-electron chi connectivity index (χ2n) is 8.68. The van der Waals surface area contributed by atoms with Crippen molar-refractivity contribution in [3.63, 3.8) is 0 Å². The van der Waals surface area contributed by atoms with Crippen LogP contribution in [0.25, 0.3) is 0 Å². The predicted molar refractivity (Wildman–Crippen MR) is 124 cm³/mol. The summed E-state index contributed by atoms with van der Waals surface area (Å²) in [4.78, 5) is 51.5. The van der Waals surface area contributed by atoms with Gasteiger partial charge in [-0.15, -0.1) is 0 Å². The summed E-state index contributed by atoms with van der Waals surface area (Å²) in [6.07, 6.45) is 0.614. The third-order valence-electron chi connectivity index (χ3n) is 6.52. The topological polar surface area (TPSA) is 117 Å². The van der Waals surface area contributed by atoms with E-state index in [1.165, 1.54) is 4.90 Å². The molecule has 1 saturated heterocycles. The number of anilines is 2. The lowest BCUT2D eigenvalue weighted by Gasteiger charge is -2.37. The summed E-state index contributed by atoms with van der Waals surface area (Å²) >= 11 is 0. The molecule has 5 amide bonds. The third kappa shape index (κ3) is 3.40. The molecule has 0 aromatic heterocycles. The van der Waals surface area contributed by atoms with Gasteiger partial charge < -0.3 is 15.4 Å². The highest BCUT2D eigenvalue weighted by Gasteiger charge is 2.50. The molecular weight excluding hydrogens is 424 g/mol. The Bertz CT molecular complexity index is 1210. The van der Waals surface area contributed by atoms with Crippen molar-refractivity contribution in [1.29, 1.82) is 0 Å². The molecule has 1 fully saturated rings. The maximum atomic E-state index is 13.1. The molecule has 3 atom stereocenters. The minimum Gasteiger partial charge on any atom is -0.478 e. The molecule has 5 rings (SSSR count). The highest BCUT2D eigenvalue weighted by atomic mass is 16.5. The van der Waals surface area contributed by atoms with Crippen LogP contribution in [0.15, 0.2) is 42.5 Å². The van der Waals surface area contributed by atoms with Crippen LogP contribution in [0.5, 0.6) is 5.75 Å².